The lowest BCUT2D eigenvalue weighted by Gasteiger charge is -2.22. The molecule has 0 atom stereocenters. The van der Waals surface area contributed by atoms with Gasteiger partial charge in [0.2, 0.25) is 5.75 Å². The summed E-state index contributed by atoms with van der Waals surface area (Å²) in [6, 6.07) is 3.69. The van der Waals surface area contributed by atoms with Crippen LogP contribution in [0.4, 0.5) is 0 Å². The predicted molar refractivity (Wildman–Crippen MR) is 326 cm³/mol. The van der Waals surface area contributed by atoms with Gasteiger partial charge in [0, 0.05) is 5.92 Å². The van der Waals surface area contributed by atoms with Crippen LogP contribution in [0.15, 0.2) is 12.1 Å². The topological polar surface area (TPSA) is 114 Å². The molecule has 0 spiro atoms. The van der Waals surface area contributed by atoms with E-state index in [4.69, 9.17) is 22.6 Å². The van der Waals surface area contributed by atoms with Gasteiger partial charge >= 0.3 is 0 Å². The van der Waals surface area contributed by atoms with Gasteiger partial charge in [0.05, 0.1) is 45.5 Å². The average Bonchev–Trinajstić information content (AvgIpc) is 3.38. The summed E-state index contributed by atoms with van der Waals surface area (Å²) in [5, 5.41) is 0. The molecule has 0 bridgehead atoms. The molecule has 0 aromatic heterocycles. The molecule has 0 aliphatic carbocycles. The standard InChI is InChI=1S/C65H124O9S2/c1-6-9-12-15-18-21-24-27-30-33-36-39-42-45-48-51-54-70-63-57-61(62(59-73-75(4,66)67)60-74-76(5,68)69)58-64(71-55-52-49-46-43-40-37-34-31-28-25-22-19-16-13-10-7-2)65(63)72-56-53-50-47-44-41-38-35-32-29-26-23-20-17-14-11-8-3/h57-58,62H,6-56,59-60H2,1-5H3. The smallest absolute Gasteiger partial charge is 0.264 e. The zero-order valence-corrected chi connectivity index (χ0v) is 52.3. The van der Waals surface area contributed by atoms with E-state index in [1.165, 1.54) is 270 Å². The summed E-state index contributed by atoms with van der Waals surface area (Å²) in [6.07, 6.45) is 64.3. The third-order valence-electron chi connectivity index (χ3n) is 15.2. The first-order chi connectivity index (χ1) is 37.0. The molecule has 0 radical (unpaired) electrons. The maximum atomic E-state index is 12.2. The molecule has 9 nitrogen and oxygen atoms in total. The molecule has 1 rings (SSSR count). The molecule has 1 aromatic rings. The number of hydrogen-bond acceptors (Lipinski definition) is 9. The molecule has 0 N–H and O–H groups in total. The monoisotopic (exact) mass is 1110 g/mol. The van der Waals surface area contributed by atoms with Gasteiger partial charge in [0.1, 0.15) is 0 Å². The second kappa shape index (κ2) is 52.8. The van der Waals surface area contributed by atoms with Crippen molar-refractivity contribution in [1.29, 1.82) is 0 Å². The highest BCUT2D eigenvalue weighted by Crippen LogP contribution is 2.42. The summed E-state index contributed by atoms with van der Waals surface area (Å²) in [7, 11) is -7.63. The lowest BCUT2D eigenvalue weighted by Crippen LogP contribution is -2.19. The number of ether oxygens (including phenoxy) is 3. The van der Waals surface area contributed by atoms with Gasteiger partial charge in [0.15, 0.2) is 11.5 Å². The van der Waals surface area contributed by atoms with Crippen molar-refractivity contribution in [2.75, 3.05) is 45.5 Å². The number of rotatable bonds is 61. The molecule has 0 aliphatic heterocycles. The van der Waals surface area contributed by atoms with Crippen LogP contribution in [0.25, 0.3) is 0 Å². The van der Waals surface area contributed by atoms with E-state index in [0.717, 1.165) is 51.0 Å². The summed E-state index contributed by atoms with van der Waals surface area (Å²) in [6.45, 7) is 7.80. The quantitative estimate of drug-likeness (QED) is 0.0465. The van der Waals surface area contributed by atoms with E-state index in [-0.39, 0.29) is 13.2 Å². The van der Waals surface area contributed by atoms with E-state index in [0.29, 0.717) is 42.6 Å². The highest BCUT2D eigenvalue weighted by atomic mass is 32.2. The molecule has 0 fully saturated rings. The lowest BCUT2D eigenvalue weighted by molar-refractivity contribution is 0.222. The van der Waals surface area contributed by atoms with Crippen LogP contribution >= 0.6 is 0 Å². The second-order valence-electron chi connectivity index (χ2n) is 23.0. The van der Waals surface area contributed by atoms with Crippen molar-refractivity contribution in [1.82, 2.24) is 0 Å². The lowest BCUT2D eigenvalue weighted by atomic mass is 10.00. The maximum Gasteiger partial charge on any atom is 0.264 e. The van der Waals surface area contributed by atoms with Gasteiger partial charge in [0.25, 0.3) is 20.2 Å². The van der Waals surface area contributed by atoms with Gasteiger partial charge in [-0.15, -0.1) is 0 Å². The molecule has 0 saturated heterocycles. The van der Waals surface area contributed by atoms with E-state index in [2.05, 4.69) is 20.8 Å². The minimum atomic E-state index is -3.82. The van der Waals surface area contributed by atoms with Crippen LogP contribution in [0.5, 0.6) is 17.2 Å². The Hall–Kier alpha value is -1.56. The molecule has 0 amide bonds. The summed E-state index contributed by atoms with van der Waals surface area (Å²) in [5.74, 6) is 0.889. The van der Waals surface area contributed by atoms with Crippen molar-refractivity contribution < 1.29 is 39.4 Å². The molecule has 0 saturated carbocycles. The molecule has 450 valence electrons. The van der Waals surface area contributed by atoms with Crippen LogP contribution in [0.1, 0.15) is 340 Å². The molecular formula is C65H124O9S2. The first-order valence-corrected chi connectivity index (χ1v) is 36.4. The van der Waals surface area contributed by atoms with E-state index < -0.39 is 26.2 Å². The fraction of sp³-hybridized carbons (Fsp3) is 0.908. The minimum absolute atomic E-state index is 0.287. The summed E-state index contributed by atoms with van der Waals surface area (Å²) < 4.78 is 79.1. The highest BCUT2D eigenvalue weighted by molar-refractivity contribution is 7.86. The highest BCUT2D eigenvalue weighted by Gasteiger charge is 2.24. The van der Waals surface area contributed by atoms with Gasteiger partial charge in [-0.1, -0.05) is 310 Å². The third-order valence-corrected chi connectivity index (χ3v) is 16.4. The van der Waals surface area contributed by atoms with Crippen LogP contribution in [-0.2, 0) is 28.6 Å². The van der Waals surface area contributed by atoms with Crippen molar-refractivity contribution in [3.05, 3.63) is 17.7 Å². The fourth-order valence-electron chi connectivity index (χ4n) is 10.3. The first kappa shape index (κ1) is 72.5. The Morgan fingerprint density at radius 2 is 0.500 bits per heavy atom. The van der Waals surface area contributed by atoms with Gasteiger partial charge in [-0.2, -0.15) is 16.8 Å². The maximum absolute atomic E-state index is 12.2. The Labute approximate surface area is 472 Å². The SMILES string of the molecule is CCCCCCCCCCCCCCCCCCOc1cc(C(COS(C)(=O)=O)COS(C)(=O)=O)cc(OCCCCCCCCCCCCCCCCCC)c1OCCCCCCCCCCCCCCCCCC. The van der Waals surface area contributed by atoms with Gasteiger partial charge < -0.3 is 14.2 Å². The summed E-state index contributed by atoms with van der Waals surface area (Å²) in [4.78, 5) is 0. The Morgan fingerprint density at radius 1 is 0.303 bits per heavy atom. The van der Waals surface area contributed by atoms with Gasteiger partial charge in [-0.25, -0.2) is 0 Å². The largest absolute Gasteiger partial charge is 0.490 e. The predicted octanol–water partition coefficient (Wildman–Crippen LogP) is 20.6. The van der Waals surface area contributed by atoms with Crippen LogP contribution in [0, 0.1) is 0 Å². The molecule has 0 unspecified atom stereocenters. The Kier molecular flexibility index (Phi) is 50.3. The molecule has 0 heterocycles. The van der Waals surface area contributed by atoms with E-state index in [1.807, 2.05) is 12.1 Å². The molecule has 1 aromatic carbocycles. The van der Waals surface area contributed by atoms with Crippen molar-refractivity contribution in [3.8, 4) is 17.2 Å². The Morgan fingerprint density at radius 3 is 0.711 bits per heavy atom. The summed E-state index contributed by atoms with van der Waals surface area (Å²) >= 11 is 0. The molecule has 76 heavy (non-hydrogen) atoms. The Balaban J connectivity index is 2.91. The zero-order valence-electron chi connectivity index (χ0n) is 50.7. The number of hydrogen-bond donors (Lipinski definition) is 0. The zero-order chi connectivity index (χ0) is 55.3. The van der Waals surface area contributed by atoms with Crippen LogP contribution in [0.2, 0.25) is 0 Å². The number of benzene rings is 1. The van der Waals surface area contributed by atoms with Crippen LogP contribution < -0.4 is 14.2 Å². The molecular weight excluding hydrogens is 989 g/mol. The van der Waals surface area contributed by atoms with E-state index in [1.54, 1.807) is 0 Å². The molecule has 0 aliphatic rings. The van der Waals surface area contributed by atoms with Crippen molar-refractivity contribution >= 4 is 20.2 Å². The second-order valence-corrected chi connectivity index (χ2v) is 26.3. The van der Waals surface area contributed by atoms with Crippen LogP contribution in [0.3, 0.4) is 0 Å². The van der Waals surface area contributed by atoms with E-state index >= 15 is 0 Å². The average molecular weight is 1110 g/mol. The fourth-order valence-corrected chi connectivity index (χ4v) is 11.2. The van der Waals surface area contributed by atoms with Crippen molar-refractivity contribution in [3.63, 3.8) is 0 Å². The van der Waals surface area contributed by atoms with Crippen molar-refractivity contribution in [2.24, 2.45) is 0 Å². The first-order valence-electron chi connectivity index (χ1n) is 32.8. The third kappa shape index (κ3) is 48.4. The normalized spacial score (nSPS) is 12.1. The van der Waals surface area contributed by atoms with E-state index in [9.17, 15) is 16.8 Å². The van der Waals surface area contributed by atoms with Gasteiger partial charge in [-0.05, 0) is 37.0 Å². The number of unbranched alkanes of at least 4 members (excludes halogenated alkanes) is 45. The summed E-state index contributed by atoms with van der Waals surface area (Å²) in [5.41, 5.74) is 0.617. The van der Waals surface area contributed by atoms with Gasteiger partial charge in [-0.3, -0.25) is 8.37 Å². The molecule has 11 heteroatoms. The van der Waals surface area contributed by atoms with Crippen molar-refractivity contribution in [2.45, 2.75) is 335 Å². The minimum Gasteiger partial charge on any atom is -0.490 e. The Bertz CT molecular complexity index is 1520. The van der Waals surface area contributed by atoms with Crippen LogP contribution in [-0.4, -0.2) is 62.4 Å².